The molecule has 1 spiro atoms. The minimum absolute atomic E-state index is 0.0818. The van der Waals surface area contributed by atoms with Gasteiger partial charge in [0.2, 0.25) is 0 Å². The lowest BCUT2D eigenvalue weighted by Crippen LogP contribution is -2.43. The van der Waals surface area contributed by atoms with Crippen molar-refractivity contribution in [2.75, 3.05) is 25.7 Å². The molecule has 4 heteroatoms. The zero-order valence-corrected chi connectivity index (χ0v) is 18.7. The van der Waals surface area contributed by atoms with E-state index in [1.165, 1.54) is 34.9 Å². The first kappa shape index (κ1) is 20.0. The molecule has 0 aromatic heterocycles. The Kier molecular flexibility index (Phi) is 5.17. The van der Waals surface area contributed by atoms with Gasteiger partial charge in [0.15, 0.2) is 11.5 Å². The number of fused-ring (bicyclic) bond motifs is 2. The van der Waals surface area contributed by atoms with Crippen molar-refractivity contribution in [1.29, 1.82) is 0 Å². The van der Waals surface area contributed by atoms with Gasteiger partial charge in [0.05, 0.1) is 20.3 Å². The molecular formula is C27H31NO3. The lowest BCUT2D eigenvalue weighted by molar-refractivity contribution is 0.0409. The van der Waals surface area contributed by atoms with Crippen molar-refractivity contribution in [3.05, 3.63) is 60.2 Å². The van der Waals surface area contributed by atoms with Crippen LogP contribution in [0.3, 0.4) is 0 Å². The van der Waals surface area contributed by atoms with E-state index < -0.39 is 0 Å². The summed E-state index contributed by atoms with van der Waals surface area (Å²) >= 11 is 0. The molecule has 31 heavy (non-hydrogen) atoms. The van der Waals surface area contributed by atoms with Crippen molar-refractivity contribution in [1.82, 2.24) is 0 Å². The Bertz CT molecular complexity index is 1090. The van der Waals surface area contributed by atoms with Gasteiger partial charge in [-0.1, -0.05) is 30.3 Å². The molecule has 0 N–H and O–H groups in total. The van der Waals surface area contributed by atoms with Crippen molar-refractivity contribution in [2.24, 2.45) is 0 Å². The van der Waals surface area contributed by atoms with Crippen LogP contribution >= 0.6 is 0 Å². The average molecular weight is 418 g/mol. The monoisotopic (exact) mass is 417 g/mol. The van der Waals surface area contributed by atoms with Gasteiger partial charge in [0, 0.05) is 30.3 Å². The Balaban J connectivity index is 1.63. The molecule has 2 aliphatic rings. The molecule has 162 valence electrons. The van der Waals surface area contributed by atoms with Crippen LogP contribution in [0.15, 0.2) is 54.6 Å². The number of hydrogen-bond acceptors (Lipinski definition) is 4. The normalized spacial score (nSPS) is 19.1. The minimum atomic E-state index is -0.0818. The highest BCUT2D eigenvalue weighted by molar-refractivity contribution is 5.86. The topological polar surface area (TPSA) is 30.9 Å². The Morgan fingerprint density at radius 3 is 2.35 bits per heavy atom. The Labute approximate surface area is 184 Å². The summed E-state index contributed by atoms with van der Waals surface area (Å²) in [6, 6.07) is 19.7. The van der Waals surface area contributed by atoms with Gasteiger partial charge in [-0.3, -0.25) is 0 Å². The van der Waals surface area contributed by atoms with Crippen molar-refractivity contribution in [3.63, 3.8) is 0 Å². The number of ether oxygens (including phenoxy) is 3. The van der Waals surface area contributed by atoms with E-state index in [9.17, 15) is 0 Å². The standard InChI is InChI=1S/C27H31NO3/c1-4-28(21-12-11-19-9-5-6-10-20(19)15-21)23-18-27(13-7-8-14-27)31-24-17-26(30-3)25(29-2)16-22(23)24/h5-6,9-12,15-17,23H,4,7-8,13-14,18H2,1-3H3. The highest BCUT2D eigenvalue weighted by Gasteiger charge is 2.45. The first-order chi connectivity index (χ1) is 15.2. The van der Waals surface area contributed by atoms with Gasteiger partial charge in [-0.2, -0.15) is 0 Å². The number of anilines is 1. The molecule has 0 bridgehead atoms. The zero-order valence-electron chi connectivity index (χ0n) is 18.7. The van der Waals surface area contributed by atoms with E-state index in [-0.39, 0.29) is 11.6 Å². The van der Waals surface area contributed by atoms with Crippen LogP contribution in [-0.2, 0) is 0 Å². The highest BCUT2D eigenvalue weighted by Crippen LogP contribution is 2.52. The van der Waals surface area contributed by atoms with E-state index >= 15 is 0 Å². The quantitative estimate of drug-likeness (QED) is 0.473. The van der Waals surface area contributed by atoms with Gasteiger partial charge in [-0.05, 0) is 61.6 Å². The summed E-state index contributed by atoms with van der Waals surface area (Å²) in [5.74, 6) is 2.42. The van der Waals surface area contributed by atoms with Gasteiger partial charge in [-0.15, -0.1) is 0 Å². The smallest absolute Gasteiger partial charge is 0.164 e. The summed E-state index contributed by atoms with van der Waals surface area (Å²) in [5, 5.41) is 2.54. The van der Waals surface area contributed by atoms with E-state index in [0.29, 0.717) is 0 Å². The number of methoxy groups -OCH3 is 2. The summed E-state index contributed by atoms with van der Waals surface area (Å²) in [6.07, 6.45) is 5.70. The van der Waals surface area contributed by atoms with E-state index in [1.54, 1.807) is 14.2 Å². The van der Waals surface area contributed by atoms with Crippen molar-refractivity contribution < 1.29 is 14.2 Å². The molecule has 5 rings (SSSR count). The van der Waals surface area contributed by atoms with Crippen molar-refractivity contribution >= 4 is 16.5 Å². The minimum Gasteiger partial charge on any atom is -0.493 e. The third-order valence-corrected chi connectivity index (χ3v) is 7.06. The van der Waals surface area contributed by atoms with Crippen LogP contribution in [0.2, 0.25) is 0 Å². The molecule has 3 aromatic carbocycles. The molecule has 0 saturated heterocycles. The fourth-order valence-corrected chi connectivity index (χ4v) is 5.50. The predicted octanol–water partition coefficient (Wildman–Crippen LogP) is 6.52. The van der Waals surface area contributed by atoms with Crippen LogP contribution in [0.5, 0.6) is 17.2 Å². The van der Waals surface area contributed by atoms with Gasteiger partial charge in [-0.25, -0.2) is 0 Å². The van der Waals surface area contributed by atoms with Crippen LogP contribution in [-0.4, -0.2) is 26.4 Å². The molecule has 1 fully saturated rings. The number of nitrogens with zero attached hydrogens (tertiary/aromatic N) is 1. The molecule has 1 atom stereocenters. The number of rotatable bonds is 5. The lowest BCUT2D eigenvalue weighted by Gasteiger charge is -2.45. The van der Waals surface area contributed by atoms with Gasteiger partial charge < -0.3 is 19.1 Å². The van der Waals surface area contributed by atoms with E-state index in [1.807, 2.05) is 6.07 Å². The molecule has 1 saturated carbocycles. The fraction of sp³-hybridized carbons (Fsp3) is 0.407. The van der Waals surface area contributed by atoms with Gasteiger partial charge in [0.1, 0.15) is 11.4 Å². The SMILES string of the molecule is CCN(c1ccc2ccccc2c1)C1CC2(CCCC2)Oc2cc(OC)c(OC)cc21. The molecule has 4 nitrogen and oxygen atoms in total. The summed E-state index contributed by atoms with van der Waals surface area (Å²) in [5.41, 5.74) is 2.36. The highest BCUT2D eigenvalue weighted by atomic mass is 16.5. The third-order valence-electron chi connectivity index (χ3n) is 7.06. The molecule has 1 unspecified atom stereocenters. The number of benzene rings is 3. The second-order valence-electron chi connectivity index (χ2n) is 8.77. The summed E-state index contributed by atoms with van der Waals surface area (Å²) in [7, 11) is 3.38. The van der Waals surface area contributed by atoms with E-state index in [4.69, 9.17) is 14.2 Å². The fourth-order valence-electron chi connectivity index (χ4n) is 5.50. The van der Waals surface area contributed by atoms with Crippen molar-refractivity contribution in [3.8, 4) is 17.2 Å². The van der Waals surface area contributed by atoms with E-state index in [2.05, 4.69) is 60.4 Å². The Hall–Kier alpha value is -2.88. The number of hydrogen-bond donors (Lipinski definition) is 0. The molecular weight excluding hydrogens is 386 g/mol. The molecule has 1 aliphatic heterocycles. The maximum atomic E-state index is 6.69. The first-order valence-electron chi connectivity index (χ1n) is 11.4. The second kappa shape index (κ2) is 7.99. The summed E-state index contributed by atoms with van der Waals surface area (Å²) in [4.78, 5) is 2.53. The largest absolute Gasteiger partial charge is 0.493 e. The van der Waals surface area contributed by atoms with Crippen molar-refractivity contribution in [2.45, 2.75) is 50.7 Å². The van der Waals surface area contributed by atoms with Crippen LogP contribution < -0.4 is 19.1 Å². The maximum absolute atomic E-state index is 6.69. The van der Waals surface area contributed by atoms with Gasteiger partial charge >= 0.3 is 0 Å². The Morgan fingerprint density at radius 2 is 1.65 bits per heavy atom. The van der Waals surface area contributed by atoms with Crippen LogP contribution in [0.1, 0.15) is 50.6 Å². The lowest BCUT2D eigenvalue weighted by atomic mass is 9.84. The average Bonchev–Trinajstić information content (AvgIpc) is 3.25. The molecule has 3 aromatic rings. The third kappa shape index (κ3) is 3.48. The molecule has 1 heterocycles. The van der Waals surface area contributed by atoms with Crippen LogP contribution in [0.25, 0.3) is 10.8 Å². The summed E-state index contributed by atoms with van der Waals surface area (Å²) in [6.45, 7) is 3.17. The van der Waals surface area contributed by atoms with Crippen LogP contribution in [0.4, 0.5) is 5.69 Å². The first-order valence-corrected chi connectivity index (χ1v) is 11.4. The molecule has 1 aliphatic carbocycles. The second-order valence-corrected chi connectivity index (χ2v) is 8.77. The van der Waals surface area contributed by atoms with Gasteiger partial charge in [0.25, 0.3) is 0 Å². The Morgan fingerprint density at radius 1 is 0.935 bits per heavy atom. The van der Waals surface area contributed by atoms with Crippen LogP contribution in [0, 0.1) is 0 Å². The predicted molar refractivity (Wildman–Crippen MR) is 126 cm³/mol. The zero-order chi connectivity index (χ0) is 21.4. The molecule has 0 radical (unpaired) electrons. The van der Waals surface area contributed by atoms with E-state index in [0.717, 1.165) is 43.1 Å². The summed E-state index contributed by atoms with van der Waals surface area (Å²) < 4.78 is 17.9. The maximum Gasteiger partial charge on any atom is 0.164 e. The molecule has 0 amide bonds.